The van der Waals surface area contributed by atoms with Gasteiger partial charge >= 0.3 is 0 Å². The Hall–Kier alpha value is -0.930. The van der Waals surface area contributed by atoms with E-state index in [0.717, 1.165) is 23.1 Å². The summed E-state index contributed by atoms with van der Waals surface area (Å²) in [5, 5.41) is 1.59. The van der Waals surface area contributed by atoms with Crippen LogP contribution in [0.15, 0.2) is 18.2 Å². The molecule has 0 bridgehead atoms. The first-order valence-corrected chi connectivity index (χ1v) is 5.18. The molecule has 1 N–H and O–H groups in total. The third-order valence-corrected chi connectivity index (χ3v) is 2.61. The third kappa shape index (κ3) is 1.65. The van der Waals surface area contributed by atoms with E-state index in [2.05, 4.69) is 9.97 Å². The Bertz CT molecular complexity index is 533. The Morgan fingerprint density at radius 2 is 2.29 bits per heavy atom. The molecule has 2 nitrogen and oxygen atoms in total. The number of benzene rings is 1. The van der Waals surface area contributed by atoms with Gasteiger partial charge in [0, 0.05) is 22.3 Å². The predicted octanol–water partition coefficient (Wildman–Crippen LogP) is 3.51. The van der Waals surface area contributed by atoms with Gasteiger partial charge in [-0.25, -0.2) is 4.98 Å². The summed E-state index contributed by atoms with van der Waals surface area (Å²) >= 11 is 11.1. The van der Waals surface area contributed by atoms with Crippen molar-refractivity contribution in [1.29, 1.82) is 0 Å². The van der Waals surface area contributed by atoms with Gasteiger partial charge in [0.25, 0.3) is 0 Å². The van der Waals surface area contributed by atoms with Gasteiger partial charge in [-0.05, 0) is 18.2 Å². The summed E-state index contributed by atoms with van der Waals surface area (Å²) in [4.78, 5) is 7.47. The molecule has 1 aromatic carbocycles. The van der Waals surface area contributed by atoms with E-state index < -0.39 is 0 Å². The highest BCUT2D eigenvalue weighted by Gasteiger charge is 2.00. The Morgan fingerprint density at radius 1 is 1.50 bits per heavy atom. The lowest BCUT2D eigenvalue weighted by atomic mass is 10.2. The molecule has 0 unspecified atom stereocenters. The van der Waals surface area contributed by atoms with E-state index in [0.29, 0.717) is 9.66 Å². The lowest BCUT2D eigenvalue weighted by molar-refractivity contribution is 0.955. The Morgan fingerprint density at radius 3 is 3.00 bits per heavy atom. The van der Waals surface area contributed by atoms with Crippen molar-refractivity contribution in [2.24, 2.45) is 0 Å². The van der Waals surface area contributed by atoms with Gasteiger partial charge in [0.05, 0.1) is 0 Å². The fraction of sp³-hybridized carbons (Fsp3) is 0.200. The monoisotopic (exact) mass is 224 g/mol. The highest BCUT2D eigenvalue weighted by Crippen LogP contribution is 2.18. The first-order chi connectivity index (χ1) is 6.70. The number of hydrogen-bond acceptors (Lipinski definition) is 2. The van der Waals surface area contributed by atoms with Crippen LogP contribution >= 0.6 is 23.8 Å². The van der Waals surface area contributed by atoms with Gasteiger partial charge in [-0.15, -0.1) is 0 Å². The average Bonchev–Trinajstić information content (AvgIpc) is 2.19. The molecular weight excluding hydrogens is 216 g/mol. The summed E-state index contributed by atoms with van der Waals surface area (Å²) in [6, 6.07) is 5.60. The minimum Gasteiger partial charge on any atom is -0.343 e. The number of fused-ring (bicyclic) bond motifs is 1. The molecule has 1 heterocycles. The van der Waals surface area contributed by atoms with Crippen LogP contribution in [0.2, 0.25) is 5.02 Å². The average molecular weight is 225 g/mol. The largest absolute Gasteiger partial charge is 0.343 e. The lowest BCUT2D eigenvalue weighted by Crippen LogP contribution is -1.93. The van der Waals surface area contributed by atoms with Crippen molar-refractivity contribution < 1.29 is 0 Å². The topological polar surface area (TPSA) is 28.7 Å². The third-order valence-electron chi connectivity index (χ3n) is 2.06. The minimum atomic E-state index is 0.609. The molecule has 0 aliphatic heterocycles. The maximum atomic E-state index is 5.88. The summed E-state index contributed by atoms with van der Waals surface area (Å²) < 4.78 is 0.609. The van der Waals surface area contributed by atoms with Crippen LogP contribution in [0.25, 0.3) is 10.9 Å². The van der Waals surface area contributed by atoms with Crippen LogP contribution in [0.3, 0.4) is 0 Å². The number of hydrogen-bond donors (Lipinski definition) is 1. The molecule has 2 aromatic rings. The predicted molar refractivity (Wildman–Crippen MR) is 61.3 cm³/mol. The van der Waals surface area contributed by atoms with E-state index in [4.69, 9.17) is 23.8 Å². The van der Waals surface area contributed by atoms with E-state index in [1.54, 1.807) is 0 Å². The molecule has 0 aliphatic carbocycles. The van der Waals surface area contributed by atoms with Crippen molar-refractivity contribution >= 4 is 34.7 Å². The maximum absolute atomic E-state index is 5.88. The number of nitrogens with zero attached hydrogens (tertiary/aromatic N) is 1. The Labute approximate surface area is 91.9 Å². The lowest BCUT2D eigenvalue weighted by Gasteiger charge is -2.02. The minimum absolute atomic E-state index is 0.609. The molecular formula is C10H9ClN2S. The number of rotatable bonds is 1. The maximum Gasteiger partial charge on any atom is 0.137 e. The fourth-order valence-electron chi connectivity index (χ4n) is 1.34. The number of H-pyrrole nitrogens is 1. The van der Waals surface area contributed by atoms with Gasteiger partial charge in [0.1, 0.15) is 10.5 Å². The molecule has 0 fully saturated rings. The van der Waals surface area contributed by atoms with Crippen molar-refractivity contribution in [3.63, 3.8) is 0 Å². The number of halogens is 1. The number of aromatic nitrogens is 2. The zero-order valence-electron chi connectivity index (χ0n) is 7.67. The van der Waals surface area contributed by atoms with E-state index in [9.17, 15) is 0 Å². The van der Waals surface area contributed by atoms with Crippen LogP contribution in [0, 0.1) is 4.64 Å². The second kappa shape index (κ2) is 3.67. The molecule has 1 aromatic heterocycles. The Balaban J connectivity index is 2.83. The van der Waals surface area contributed by atoms with Crippen LogP contribution in [-0.4, -0.2) is 9.97 Å². The van der Waals surface area contributed by atoms with Gasteiger partial charge in [-0.2, -0.15) is 0 Å². The van der Waals surface area contributed by atoms with Gasteiger partial charge in [0.2, 0.25) is 0 Å². The van der Waals surface area contributed by atoms with Crippen LogP contribution in [0.4, 0.5) is 0 Å². The van der Waals surface area contributed by atoms with Crippen LogP contribution < -0.4 is 0 Å². The number of aryl methyl sites for hydroxylation is 1. The van der Waals surface area contributed by atoms with Crippen molar-refractivity contribution in [3.05, 3.63) is 33.7 Å². The molecule has 2 rings (SSSR count). The Kier molecular flexibility index (Phi) is 2.52. The summed E-state index contributed by atoms with van der Waals surface area (Å²) in [5.41, 5.74) is 0.992. The van der Waals surface area contributed by atoms with E-state index >= 15 is 0 Å². The van der Waals surface area contributed by atoms with Crippen molar-refractivity contribution in [1.82, 2.24) is 9.97 Å². The summed E-state index contributed by atoms with van der Waals surface area (Å²) in [6.45, 7) is 2.04. The smallest absolute Gasteiger partial charge is 0.137 e. The molecule has 0 atom stereocenters. The first-order valence-electron chi connectivity index (χ1n) is 4.39. The van der Waals surface area contributed by atoms with Crippen molar-refractivity contribution in [2.45, 2.75) is 13.3 Å². The van der Waals surface area contributed by atoms with E-state index in [-0.39, 0.29) is 0 Å². The van der Waals surface area contributed by atoms with Gasteiger partial charge in [0.15, 0.2) is 0 Å². The molecule has 0 spiro atoms. The number of aromatic amines is 1. The second-order valence-electron chi connectivity index (χ2n) is 3.03. The summed E-state index contributed by atoms with van der Waals surface area (Å²) in [7, 11) is 0. The first kappa shape index (κ1) is 9.62. The van der Waals surface area contributed by atoms with E-state index in [1.165, 1.54) is 0 Å². The standard InChI is InChI=1S/C10H9ClN2S/c1-2-9-12-8-4-3-6(11)5-7(8)10(14)13-9/h3-5H,2H2,1H3,(H,12,13,14). The van der Waals surface area contributed by atoms with E-state index in [1.807, 2.05) is 25.1 Å². The highest BCUT2D eigenvalue weighted by molar-refractivity contribution is 7.71. The zero-order valence-corrected chi connectivity index (χ0v) is 9.25. The molecule has 0 saturated carbocycles. The molecule has 0 saturated heterocycles. The number of nitrogens with one attached hydrogen (secondary N) is 1. The highest BCUT2D eigenvalue weighted by atomic mass is 35.5. The van der Waals surface area contributed by atoms with Gasteiger partial charge < -0.3 is 4.98 Å². The van der Waals surface area contributed by atoms with Crippen LogP contribution in [-0.2, 0) is 6.42 Å². The van der Waals surface area contributed by atoms with Crippen molar-refractivity contribution in [3.8, 4) is 0 Å². The zero-order chi connectivity index (χ0) is 10.1. The van der Waals surface area contributed by atoms with Gasteiger partial charge in [-0.1, -0.05) is 30.7 Å². The molecule has 14 heavy (non-hydrogen) atoms. The van der Waals surface area contributed by atoms with Crippen LogP contribution in [0.1, 0.15) is 12.7 Å². The molecule has 0 aliphatic rings. The van der Waals surface area contributed by atoms with Crippen LogP contribution in [0.5, 0.6) is 0 Å². The molecule has 0 amide bonds. The normalized spacial score (nSPS) is 10.7. The molecule has 0 radical (unpaired) electrons. The quantitative estimate of drug-likeness (QED) is 0.751. The SMILES string of the molecule is CCc1nc(=S)c2cc(Cl)ccc2[nH]1. The molecule has 72 valence electrons. The van der Waals surface area contributed by atoms with Gasteiger partial charge in [-0.3, -0.25) is 0 Å². The fourth-order valence-corrected chi connectivity index (χ4v) is 1.79. The summed E-state index contributed by atoms with van der Waals surface area (Å²) in [6.07, 6.45) is 0.849. The molecule has 4 heteroatoms. The second-order valence-corrected chi connectivity index (χ2v) is 3.86. The summed E-state index contributed by atoms with van der Waals surface area (Å²) in [5.74, 6) is 0.907. The van der Waals surface area contributed by atoms with Crippen molar-refractivity contribution in [2.75, 3.05) is 0 Å².